The van der Waals surface area contributed by atoms with Gasteiger partial charge in [-0.1, -0.05) is 6.07 Å². The minimum Gasteiger partial charge on any atom is -0.444 e. The number of hydrogen-bond donors (Lipinski definition) is 3. The number of carbonyl (C=O) groups is 3. The van der Waals surface area contributed by atoms with Crippen LogP contribution in [0, 0.1) is 5.41 Å². The Balaban J connectivity index is 1.35. The number of carbonyl (C=O) groups excluding carboxylic acids is 3. The molecule has 212 valence electrons. The smallest absolute Gasteiger partial charge is 0.410 e. The Morgan fingerprint density at radius 2 is 1.93 bits per heavy atom. The molecule has 4 N–H and O–H groups in total. The molecular formula is C30H38N6O4. The molecule has 3 amide bonds. The molecule has 2 aromatic heterocycles. The van der Waals surface area contributed by atoms with Gasteiger partial charge < -0.3 is 30.6 Å². The molecule has 3 saturated heterocycles. The molecule has 0 saturated carbocycles. The number of likely N-dealkylation sites (tertiary alicyclic amines) is 1. The van der Waals surface area contributed by atoms with Gasteiger partial charge in [0, 0.05) is 49.8 Å². The average molecular weight is 547 g/mol. The molecule has 10 nitrogen and oxygen atoms in total. The van der Waals surface area contributed by atoms with Crippen LogP contribution in [0.2, 0.25) is 0 Å². The largest absolute Gasteiger partial charge is 0.444 e. The lowest BCUT2D eigenvalue weighted by molar-refractivity contribution is -0.128. The summed E-state index contributed by atoms with van der Waals surface area (Å²) in [5, 5.41) is 4.88. The minimum atomic E-state index is -0.532. The second kappa shape index (κ2) is 9.67. The Morgan fingerprint density at radius 3 is 2.60 bits per heavy atom. The average Bonchev–Trinajstić information content (AvgIpc) is 3.47. The highest BCUT2D eigenvalue weighted by Crippen LogP contribution is 2.42. The van der Waals surface area contributed by atoms with E-state index in [0.717, 1.165) is 60.8 Å². The number of fused-ring (bicyclic) bond motifs is 3. The fourth-order valence-electron chi connectivity index (χ4n) is 6.72. The number of H-pyrrole nitrogens is 1. The molecule has 10 heteroatoms. The van der Waals surface area contributed by atoms with E-state index in [1.54, 1.807) is 11.1 Å². The standard InChI is InChI=1S/C30H38N6O4/c1-29(2,3)40-28(39)35-13-7-18(8-14-35)19-5-6-22-20(15-19)23-24(34-22)21(25(31)37)16-33-26(23)36-12-4-9-30(17-36)10-11-32-27(30)38/h5-6,15-16,18,34H,4,7-14,17H2,1-3H3,(H2,31,37)(H,32,38). The number of aromatic amines is 1. The minimum absolute atomic E-state index is 0.126. The Kier molecular flexibility index (Phi) is 6.39. The molecular weight excluding hydrogens is 508 g/mol. The Hall–Kier alpha value is -3.82. The SMILES string of the molecule is CC(C)(C)OC(=O)N1CCC(c2ccc3[nH]c4c(C(N)=O)cnc(N5CCCC6(CCNC6=O)C5)c4c3c2)CC1. The van der Waals surface area contributed by atoms with E-state index >= 15 is 0 Å². The van der Waals surface area contributed by atoms with Crippen LogP contribution in [0.1, 0.15) is 74.7 Å². The number of nitrogens with two attached hydrogens (primary N) is 1. The van der Waals surface area contributed by atoms with Gasteiger partial charge in [0.1, 0.15) is 11.4 Å². The highest BCUT2D eigenvalue weighted by molar-refractivity contribution is 6.18. The first-order valence-corrected chi connectivity index (χ1v) is 14.3. The quantitative estimate of drug-likeness (QED) is 0.454. The molecule has 3 aromatic rings. The van der Waals surface area contributed by atoms with Crippen molar-refractivity contribution in [1.82, 2.24) is 20.2 Å². The maximum atomic E-state index is 12.8. The molecule has 6 rings (SSSR count). The molecule has 3 aliphatic heterocycles. The van der Waals surface area contributed by atoms with Gasteiger partial charge in [-0.3, -0.25) is 9.59 Å². The van der Waals surface area contributed by atoms with Gasteiger partial charge in [-0.15, -0.1) is 0 Å². The van der Waals surface area contributed by atoms with Gasteiger partial charge in [0.05, 0.1) is 21.9 Å². The van der Waals surface area contributed by atoms with Crippen molar-refractivity contribution in [3.63, 3.8) is 0 Å². The van der Waals surface area contributed by atoms with Crippen LogP contribution in [0.3, 0.4) is 0 Å². The number of ether oxygens (including phenoxy) is 1. The lowest BCUT2D eigenvalue weighted by Crippen LogP contribution is -2.47. The number of rotatable bonds is 3. The van der Waals surface area contributed by atoms with Gasteiger partial charge in [-0.05, 0) is 76.5 Å². The Morgan fingerprint density at radius 1 is 1.15 bits per heavy atom. The van der Waals surface area contributed by atoms with Crippen LogP contribution < -0.4 is 16.0 Å². The summed E-state index contributed by atoms with van der Waals surface area (Å²) >= 11 is 0. The van der Waals surface area contributed by atoms with Gasteiger partial charge in [0.15, 0.2) is 0 Å². The highest BCUT2D eigenvalue weighted by Gasteiger charge is 2.46. The van der Waals surface area contributed by atoms with Crippen LogP contribution in [-0.2, 0) is 9.53 Å². The van der Waals surface area contributed by atoms with Crippen molar-refractivity contribution >= 4 is 45.5 Å². The van der Waals surface area contributed by atoms with E-state index in [4.69, 9.17) is 15.5 Å². The lowest BCUT2D eigenvalue weighted by Gasteiger charge is -2.39. The van der Waals surface area contributed by atoms with Crippen molar-refractivity contribution in [3.8, 4) is 0 Å². The van der Waals surface area contributed by atoms with E-state index in [1.807, 2.05) is 20.8 Å². The third-order valence-corrected chi connectivity index (χ3v) is 8.76. The van der Waals surface area contributed by atoms with E-state index in [-0.39, 0.29) is 12.0 Å². The fraction of sp³-hybridized carbons (Fsp3) is 0.533. The van der Waals surface area contributed by atoms with E-state index in [0.29, 0.717) is 43.2 Å². The van der Waals surface area contributed by atoms with Gasteiger partial charge in [0.25, 0.3) is 5.91 Å². The predicted molar refractivity (Wildman–Crippen MR) is 153 cm³/mol. The number of benzene rings is 1. The summed E-state index contributed by atoms with van der Waals surface area (Å²) in [6, 6.07) is 6.38. The van der Waals surface area contributed by atoms with Crippen LogP contribution in [0.4, 0.5) is 10.6 Å². The number of piperidine rings is 2. The third kappa shape index (κ3) is 4.63. The van der Waals surface area contributed by atoms with Crippen molar-refractivity contribution in [3.05, 3.63) is 35.5 Å². The Labute approximate surface area is 233 Å². The van der Waals surface area contributed by atoms with E-state index in [1.165, 1.54) is 5.56 Å². The maximum Gasteiger partial charge on any atom is 0.410 e. The summed E-state index contributed by atoms with van der Waals surface area (Å²) in [5.41, 5.74) is 7.98. The molecule has 0 bridgehead atoms. The molecule has 0 radical (unpaired) electrons. The van der Waals surface area contributed by atoms with Crippen molar-refractivity contribution in [1.29, 1.82) is 0 Å². The number of primary amides is 1. The van der Waals surface area contributed by atoms with Crippen LogP contribution in [0.5, 0.6) is 0 Å². The van der Waals surface area contributed by atoms with E-state index < -0.39 is 16.9 Å². The van der Waals surface area contributed by atoms with Crippen LogP contribution in [0.15, 0.2) is 24.4 Å². The zero-order valence-electron chi connectivity index (χ0n) is 23.5. The lowest BCUT2D eigenvalue weighted by atomic mass is 9.78. The molecule has 40 heavy (non-hydrogen) atoms. The molecule has 1 unspecified atom stereocenters. The first-order valence-electron chi connectivity index (χ1n) is 14.3. The van der Waals surface area contributed by atoms with Crippen LogP contribution in [0.25, 0.3) is 21.8 Å². The second-order valence-corrected chi connectivity index (χ2v) is 12.6. The number of hydrogen-bond acceptors (Lipinski definition) is 6. The maximum absolute atomic E-state index is 12.8. The van der Waals surface area contributed by atoms with Crippen molar-refractivity contribution in [2.45, 2.75) is 64.4 Å². The number of nitrogens with zero attached hydrogens (tertiary/aromatic N) is 3. The summed E-state index contributed by atoms with van der Waals surface area (Å²) in [5.74, 6) is 0.669. The normalized spacial score (nSPS) is 22.3. The molecule has 1 aromatic carbocycles. The van der Waals surface area contributed by atoms with E-state index in [2.05, 4.69) is 33.4 Å². The van der Waals surface area contributed by atoms with Gasteiger partial charge >= 0.3 is 6.09 Å². The predicted octanol–water partition coefficient (Wildman–Crippen LogP) is 4.04. The molecule has 1 atom stereocenters. The fourth-order valence-corrected chi connectivity index (χ4v) is 6.72. The molecule has 0 aliphatic carbocycles. The topological polar surface area (TPSA) is 134 Å². The zero-order chi connectivity index (χ0) is 28.2. The molecule has 1 spiro atoms. The third-order valence-electron chi connectivity index (χ3n) is 8.76. The monoisotopic (exact) mass is 546 g/mol. The van der Waals surface area contributed by atoms with E-state index in [9.17, 15) is 14.4 Å². The van der Waals surface area contributed by atoms with Gasteiger partial charge in [-0.25, -0.2) is 9.78 Å². The number of nitrogens with one attached hydrogen (secondary N) is 2. The number of aromatic nitrogens is 2. The van der Waals surface area contributed by atoms with Crippen molar-refractivity contribution in [2.24, 2.45) is 11.1 Å². The summed E-state index contributed by atoms with van der Waals surface area (Å²) in [7, 11) is 0. The first-order chi connectivity index (χ1) is 19.0. The van der Waals surface area contributed by atoms with Crippen molar-refractivity contribution < 1.29 is 19.1 Å². The first kappa shape index (κ1) is 26.4. The summed E-state index contributed by atoms with van der Waals surface area (Å²) in [6.07, 6.45) is 5.57. The second-order valence-electron chi connectivity index (χ2n) is 12.6. The van der Waals surface area contributed by atoms with Gasteiger partial charge in [-0.2, -0.15) is 0 Å². The number of anilines is 1. The zero-order valence-corrected chi connectivity index (χ0v) is 23.5. The summed E-state index contributed by atoms with van der Waals surface area (Å²) < 4.78 is 5.56. The van der Waals surface area contributed by atoms with Gasteiger partial charge in [0.2, 0.25) is 5.91 Å². The van der Waals surface area contributed by atoms with Crippen LogP contribution >= 0.6 is 0 Å². The Bertz CT molecular complexity index is 1500. The summed E-state index contributed by atoms with van der Waals surface area (Å²) in [4.78, 5) is 49.9. The highest BCUT2D eigenvalue weighted by atomic mass is 16.6. The number of pyridine rings is 1. The number of amides is 3. The molecule has 5 heterocycles. The van der Waals surface area contributed by atoms with Crippen LogP contribution in [-0.4, -0.2) is 71.1 Å². The van der Waals surface area contributed by atoms with Crippen molar-refractivity contribution in [2.75, 3.05) is 37.6 Å². The molecule has 3 aliphatic rings. The summed E-state index contributed by atoms with van der Waals surface area (Å²) in [6.45, 7) is 9.03. The molecule has 3 fully saturated rings.